The molecular weight excluding hydrogens is 567 g/mol. The Morgan fingerprint density at radius 3 is 1.93 bits per heavy atom. The highest BCUT2D eigenvalue weighted by Crippen LogP contribution is 2.44. The quantitative estimate of drug-likeness (QED) is 0.197. The minimum atomic E-state index is 0.881. The minimum Gasteiger partial charge on any atom is -0.456 e. The van der Waals surface area contributed by atoms with Crippen molar-refractivity contribution >= 4 is 70.5 Å². The number of rotatable bonds is 5. The summed E-state index contributed by atoms with van der Waals surface area (Å²) in [6, 6.07) is 58.5. The van der Waals surface area contributed by atoms with Crippen molar-refractivity contribution in [1.29, 1.82) is 0 Å². The average Bonchev–Trinajstić information content (AvgIpc) is 3.68. The smallest absolute Gasteiger partial charge is 0.137 e. The topological polar surface area (TPSA) is 16.4 Å². The second kappa shape index (κ2) is 10.5. The maximum Gasteiger partial charge on any atom is 0.137 e. The SMILES string of the molecule is c1ccc(-c2cccc(N(c3ccc(-c4ccc5c(c4)sc4ccccc45)cc3)c3cccc4oc5ccccc5c34)c2)cc1. The van der Waals surface area contributed by atoms with E-state index < -0.39 is 0 Å². The highest BCUT2D eigenvalue weighted by Gasteiger charge is 2.20. The largest absolute Gasteiger partial charge is 0.456 e. The van der Waals surface area contributed by atoms with Crippen LogP contribution in [0, 0.1) is 0 Å². The molecule has 2 aromatic heterocycles. The Morgan fingerprint density at radius 2 is 1.04 bits per heavy atom. The van der Waals surface area contributed by atoms with Crippen molar-refractivity contribution in [1.82, 2.24) is 0 Å². The Balaban J connectivity index is 1.20. The summed E-state index contributed by atoms with van der Waals surface area (Å²) in [5.41, 5.74) is 9.83. The van der Waals surface area contributed by atoms with Crippen molar-refractivity contribution in [2.75, 3.05) is 4.90 Å². The third-order valence-corrected chi connectivity index (χ3v) is 9.80. The van der Waals surface area contributed by atoms with Crippen LogP contribution in [-0.2, 0) is 0 Å². The Labute approximate surface area is 265 Å². The normalized spacial score (nSPS) is 11.6. The molecule has 0 aliphatic heterocycles. The monoisotopic (exact) mass is 593 g/mol. The van der Waals surface area contributed by atoms with Crippen LogP contribution in [0.4, 0.5) is 17.1 Å². The van der Waals surface area contributed by atoms with Crippen molar-refractivity contribution in [2.24, 2.45) is 0 Å². The van der Waals surface area contributed by atoms with E-state index in [0.717, 1.165) is 39.0 Å². The van der Waals surface area contributed by atoms with Crippen LogP contribution in [0.2, 0.25) is 0 Å². The van der Waals surface area contributed by atoms with Crippen LogP contribution >= 0.6 is 11.3 Å². The number of hydrogen-bond acceptors (Lipinski definition) is 3. The first kappa shape index (κ1) is 25.8. The molecular formula is C42H27NOS. The molecule has 0 aliphatic carbocycles. The molecule has 0 saturated heterocycles. The van der Waals surface area contributed by atoms with E-state index in [1.807, 2.05) is 23.5 Å². The molecule has 0 amide bonds. The fourth-order valence-electron chi connectivity index (χ4n) is 6.53. The van der Waals surface area contributed by atoms with E-state index in [4.69, 9.17) is 4.42 Å². The van der Waals surface area contributed by atoms with Crippen LogP contribution < -0.4 is 4.90 Å². The van der Waals surface area contributed by atoms with E-state index in [1.54, 1.807) is 0 Å². The lowest BCUT2D eigenvalue weighted by molar-refractivity contribution is 0.669. The van der Waals surface area contributed by atoms with E-state index in [2.05, 4.69) is 157 Å². The van der Waals surface area contributed by atoms with Crippen LogP contribution in [-0.4, -0.2) is 0 Å². The lowest BCUT2D eigenvalue weighted by atomic mass is 10.0. The standard InChI is InChI=1S/C42H27NOS/c1-2-10-28(11-3-1)30-12-8-13-33(26-30)43(37-16-9-18-39-42(37)36-15-4-6-17-38(36)44-39)32-23-20-29(21-24-32)31-22-25-35-34-14-5-7-19-40(34)45-41(35)27-31/h1-27H. The summed E-state index contributed by atoms with van der Waals surface area (Å²) in [6.45, 7) is 0. The predicted molar refractivity (Wildman–Crippen MR) is 192 cm³/mol. The van der Waals surface area contributed by atoms with Gasteiger partial charge in [0.15, 0.2) is 0 Å². The van der Waals surface area contributed by atoms with Gasteiger partial charge in [-0.2, -0.15) is 0 Å². The lowest BCUT2D eigenvalue weighted by Crippen LogP contribution is -2.10. The van der Waals surface area contributed by atoms with Crippen molar-refractivity contribution in [3.63, 3.8) is 0 Å². The number of thiophene rings is 1. The molecule has 9 aromatic rings. The second-order valence-corrected chi connectivity index (χ2v) is 12.4. The highest BCUT2D eigenvalue weighted by molar-refractivity contribution is 7.25. The average molecular weight is 594 g/mol. The van der Waals surface area contributed by atoms with Crippen LogP contribution in [0.3, 0.4) is 0 Å². The zero-order valence-electron chi connectivity index (χ0n) is 24.4. The van der Waals surface area contributed by atoms with Gasteiger partial charge in [-0.25, -0.2) is 0 Å². The fourth-order valence-corrected chi connectivity index (χ4v) is 7.68. The van der Waals surface area contributed by atoms with Crippen molar-refractivity contribution in [3.8, 4) is 22.3 Å². The number of anilines is 3. The molecule has 9 rings (SSSR count). The molecule has 0 aliphatic rings. The summed E-state index contributed by atoms with van der Waals surface area (Å²) in [5, 5.41) is 4.87. The maximum atomic E-state index is 6.32. The molecule has 0 spiro atoms. The van der Waals surface area contributed by atoms with Crippen molar-refractivity contribution in [2.45, 2.75) is 0 Å². The molecule has 212 valence electrons. The molecule has 0 saturated carbocycles. The number of benzene rings is 7. The first-order valence-corrected chi connectivity index (χ1v) is 16.0. The number of furan rings is 1. The summed E-state index contributed by atoms with van der Waals surface area (Å²) in [7, 11) is 0. The van der Waals surface area contributed by atoms with Gasteiger partial charge in [0.2, 0.25) is 0 Å². The lowest BCUT2D eigenvalue weighted by Gasteiger charge is -2.27. The molecule has 0 N–H and O–H groups in total. The van der Waals surface area contributed by atoms with Gasteiger partial charge < -0.3 is 9.32 Å². The maximum absolute atomic E-state index is 6.32. The molecule has 0 fully saturated rings. The molecule has 0 atom stereocenters. The van der Waals surface area contributed by atoms with Crippen LogP contribution in [0.1, 0.15) is 0 Å². The molecule has 2 heterocycles. The van der Waals surface area contributed by atoms with E-state index in [0.29, 0.717) is 0 Å². The first-order valence-electron chi connectivity index (χ1n) is 15.2. The van der Waals surface area contributed by atoms with Gasteiger partial charge in [-0.1, -0.05) is 109 Å². The predicted octanol–water partition coefficient (Wildman–Crippen LogP) is 12.8. The molecule has 0 unspecified atom stereocenters. The zero-order chi connectivity index (χ0) is 29.7. The molecule has 3 heteroatoms. The van der Waals surface area contributed by atoms with E-state index in [9.17, 15) is 0 Å². The highest BCUT2D eigenvalue weighted by atomic mass is 32.1. The van der Waals surface area contributed by atoms with Crippen LogP contribution in [0.15, 0.2) is 168 Å². The zero-order valence-corrected chi connectivity index (χ0v) is 25.2. The number of fused-ring (bicyclic) bond motifs is 6. The van der Waals surface area contributed by atoms with Gasteiger partial charge >= 0.3 is 0 Å². The Hall–Kier alpha value is -5.64. The Kier molecular flexibility index (Phi) is 6.03. The van der Waals surface area contributed by atoms with Crippen molar-refractivity contribution < 1.29 is 4.42 Å². The molecule has 7 aromatic carbocycles. The molecule has 45 heavy (non-hydrogen) atoms. The van der Waals surface area contributed by atoms with Gasteiger partial charge in [0.25, 0.3) is 0 Å². The number of hydrogen-bond donors (Lipinski definition) is 0. The number of nitrogens with zero attached hydrogens (tertiary/aromatic N) is 1. The second-order valence-electron chi connectivity index (χ2n) is 11.4. The summed E-state index contributed by atoms with van der Waals surface area (Å²) < 4.78 is 8.96. The molecule has 0 bridgehead atoms. The molecule has 2 nitrogen and oxygen atoms in total. The molecule has 0 radical (unpaired) electrons. The third kappa shape index (κ3) is 4.40. The van der Waals surface area contributed by atoms with Gasteiger partial charge in [-0.15, -0.1) is 11.3 Å². The first-order chi connectivity index (χ1) is 22.3. The van der Waals surface area contributed by atoms with Gasteiger partial charge in [0.1, 0.15) is 11.2 Å². The summed E-state index contributed by atoms with van der Waals surface area (Å²) in [4.78, 5) is 2.36. The Bertz CT molecular complexity index is 2490. The van der Waals surface area contributed by atoms with Crippen LogP contribution in [0.25, 0.3) is 64.4 Å². The fraction of sp³-hybridized carbons (Fsp3) is 0. The summed E-state index contributed by atoms with van der Waals surface area (Å²) in [6.07, 6.45) is 0. The summed E-state index contributed by atoms with van der Waals surface area (Å²) >= 11 is 1.86. The van der Waals surface area contributed by atoms with E-state index >= 15 is 0 Å². The van der Waals surface area contributed by atoms with Crippen molar-refractivity contribution in [3.05, 3.63) is 164 Å². The minimum absolute atomic E-state index is 0.881. The van der Waals surface area contributed by atoms with Gasteiger partial charge in [-0.05, 0) is 76.9 Å². The third-order valence-electron chi connectivity index (χ3n) is 8.67. The van der Waals surface area contributed by atoms with E-state index in [-0.39, 0.29) is 0 Å². The van der Waals surface area contributed by atoms with Gasteiger partial charge in [-0.3, -0.25) is 0 Å². The van der Waals surface area contributed by atoms with Gasteiger partial charge in [0.05, 0.1) is 11.1 Å². The van der Waals surface area contributed by atoms with Gasteiger partial charge in [0, 0.05) is 36.9 Å². The summed E-state index contributed by atoms with van der Waals surface area (Å²) in [5.74, 6) is 0. The Morgan fingerprint density at radius 1 is 0.400 bits per heavy atom. The van der Waals surface area contributed by atoms with Crippen LogP contribution in [0.5, 0.6) is 0 Å². The van der Waals surface area contributed by atoms with E-state index in [1.165, 1.54) is 42.4 Å². The number of para-hydroxylation sites is 1.